The molecule has 0 spiro atoms. The minimum atomic E-state index is -0.460. The summed E-state index contributed by atoms with van der Waals surface area (Å²) in [6, 6.07) is 3.81. The number of anilines is 1. The maximum absolute atomic E-state index is 12.4. The number of rotatable bonds is 2. The molecule has 3 nitrogen and oxygen atoms in total. The van der Waals surface area contributed by atoms with E-state index in [1.54, 1.807) is 7.05 Å². The molecule has 1 aromatic carbocycles. The van der Waals surface area contributed by atoms with Gasteiger partial charge in [-0.1, -0.05) is 0 Å². The average molecular weight is 154 g/mol. The smallest absolute Gasteiger partial charge is 0.133 e. The molecule has 0 unspecified atom stereocenters. The molecule has 0 aromatic heterocycles. The van der Waals surface area contributed by atoms with E-state index in [2.05, 4.69) is 10.5 Å². The average Bonchev–Trinajstić information content (AvgIpc) is 2.04. The zero-order valence-corrected chi connectivity index (χ0v) is 5.97. The van der Waals surface area contributed by atoms with Crippen LogP contribution in [0.15, 0.2) is 23.4 Å². The van der Waals surface area contributed by atoms with Crippen molar-refractivity contribution in [1.29, 1.82) is 0 Å². The van der Waals surface area contributed by atoms with Gasteiger partial charge in [-0.3, -0.25) is 0 Å². The molecule has 0 saturated heterocycles. The topological polar surface area (TPSA) is 41.5 Å². The summed E-state index contributed by atoms with van der Waals surface area (Å²) < 4.78 is 12.4. The van der Waals surface area contributed by atoms with Gasteiger partial charge in [0.1, 0.15) is 11.5 Å². The molecule has 0 aliphatic carbocycles. The zero-order valence-electron chi connectivity index (χ0n) is 5.97. The van der Waals surface area contributed by atoms with Crippen LogP contribution in [0.1, 0.15) is 0 Å². The number of nitrogens with one attached hydrogen (secondary N) is 1. The van der Waals surface area contributed by atoms with Crippen molar-refractivity contribution in [3.8, 4) is 0 Å². The van der Waals surface area contributed by atoms with Crippen LogP contribution in [0, 0.1) is 10.7 Å². The molecule has 0 atom stereocenters. The third-order valence-electron chi connectivity index (χ3n) is 1.33. The van der Waals surface area contributed by atoms with Crippen LogP contribution in [0.4, 0.5) is 15.8 Å². The predicted molar refractivity (Wildman–Crippen MR) is 41.4 cm³/mol. The maximum Gasteiger partial charge on any atom is 0.133 e. The molecule has 1 N–H and O–H groups in total. The minimum Gasteiger partial charge on any atom is -0.386 e. The van der Waals surface area contributed by atoms with E-state index < -0.39 is 5.82 Å². The minimum absolute atomic E-state index is 0.0903. The Morgan fingerprint density at radius 1 is 1.55 bits per heavy atom. The van der Waals surface area contributed by atoms with E-state index in [0.717, 1.165) is 6.07 Å². The molecular weight excluding hydrogens is 147 g/mol. The van der Waals surface area contributed by atoms with Crippen molar-refractivity contribution >= 4 is 11.4 Å². The summed E-state index contributed by atoms with van der Waals surface area (Å²) in [5.41, 5.74) is 0.619. The fourth-order valence-corrected chi connectivity index (χ4v) is 0.792. The lowest BCUT2D eigenvalue weighted by Gasteiger charge is -2.00. The third kappa shape index (κ3) is 1.52. The summed E-state index contributed by atoms with van der Waals surface area (Å²) in [5, 5.41) is 5.36. The molecular formula is C7H7FN2O. The Balaban J connectivity index is 3.16. The summed E-state index contributed by atoms with van der Waals surface area (Å²) >= 11 is 0. The quantitative estimate of drug-likeness (QED) is 0.664. The van der Waals surface area contributed by atoms with Crippen LogP contribution in [0.5, 0.6) is 0 Å². The highest BCUT2D eigenvalue weighted by atomic mass is 19.1. The van der Waals surface area contributed by atoms with Crippen LogP contribution in [-0.4, -0.2) is 7.05 Å². The SMILES string of the molecule is CNc1ccc(F)cc1N=O. The van der Waals surface area contributed by atoms with Gasteiger partial charge in [-0.25, -0.2) is 4.39 Å². The van der Waals surface area contributed by atoms with Gasteiger partial charge in [0.25, 0.3) is 0 Å². The lowest BCUT2D eigenvalue weighted by atomic mass is 10.2. The Labute approximate surface area is 63.2 Å². The molecule has 1 aromatic rings. The van der Waals surface area contributed by atoms with E-state index in [9.17, 15) is 9.30 Å². The standard InChI is InChI=1S/C7H7FN2O/c1-9-6-3-2-5(8)4-7(6)10-11/h2-4,9H,1H3. The van der Waals surface area contributed by atoms with Crippen LogP contribution in [0.3, 0.4) is 0 Å². The molecule has 0 amide bonds. The van der Waals surface area contributed by atoms with E-state index in [1.165, 1.54) is 12.1 Å². The van der Waals surface area contributed by atoms with Gasteiger partial charge in [-0.05, 0) is 17.3 Å². The van der Waals surface area contributed by atoms with Crippen LogP contribution < -0.4 is 5.32 Å². The summed E-state index contributed by atoms with van der Waals surface area (Å²) in [4.78, 5) is 10.1. The molecule has 58 valence electrons. The van der Waals surface area contributed by atoms with Crippen LogP contribution >= 0.6 is 0 Å². The predicted octanol–water partition coefficient (Wildman–Crippen LogP) is 2.27. The van der Waals surface area contributed by atoms with Gasteiger partial charge < -0.3 is 5.32 Å². The van der Waals surface area contributed by atoms with Crippen molar-refractivity contribution < 1.29 is 4.39 Å². The molecule has 0 aliphatic rings. The highest BCUT2D eigenvalue weighted by molar-refractivity contribution is 5.64. The van der Waals surface area contributed by atoms with Crippen LogP contribution in [-0.2, 0) is 0 Å². The Morgan fingerprint density at radius 3 is 2.82 bits per heavy atom. The monoisotopic (exact) mass is 154 g/mol. The van der Waals surface area contributed by atoms with Crippen LogP contribution in [0.2, 0.25) is 0 Å². The van der Waals surface area contributed by atoms with Gasteiger partial charge in [-0.15, -0.1) is 4.91 Å². The summed E-state index contributed by atoms with van der Waals surface area (Å²) in [6.07, 6.45) is 0. The summed E-state index contributed by atoms with van der Waals surface area (Å²) in [7, 11) is 1.64. The number of hydrogen-bond donors (Lipinski definition) is 1. The first-order chi connectivity index (χ1) is 5.27. The third-order valence-corrected chi connectivity index (χ3v) is 1.33. The summed E-state index contributed by atoms with van der Waals surface area (Å²) in [6.45, 7) is 0. The molecule has 0 aliphatic heterocycles. The fraction of sp³-hybridized carbons (Fsp3) is 0.143. The Kier molecular flexibility index (Phi) is 2.15. The second-order valence-corrected chi connectivity index (χ2v) is 2.00. The van der Waals surface area contributed by atoms with Crippen molar-refractivity contribution in [1.82, 2.24) is 0 Å². The molecule has 0 saturated carbocycles. The number of nitroso groups, excluding NO2 is 1. The highest BCUT2D eigenvalue weighted by Gasteiger charge is 2.01. The van der Waals surface area contributed by atoms with Crippen molar-refractivity contribution in [2.24, 2.45) is 5.18 Å². The van der Waals surface area contributed by atoms with Gasteiger partial charge in [0.15, 0.2) is 0 Å². The van der Waals surface area contributed by atoms with Gasteiger partial charge in [0.2, 0.25) is 0 Å². The first-order valence-corrected chi connectivity index (χ1v) is 3.08. The molecule has 0 bridgehead atoms. The molecule has 11 heavy (non-hydrogen) atoms. The molecule has 1 rings (SSSR count). The highest BCUT2D eigenvalue weighted by Crippen LogP contribution is 2.24. The number of nitrogens with zero attached hydrogens (tertiary/aromatic N) is 1. The molecule has 4 heteroatoms. The normalized spacial score (nSPS) is 9.27. The van der Waals surface area contributed by atoms with Crippen molar-refractivity contribution in [3.63, 3.8) is 0 Å². The molecule has 0 fully saturated rings. The fourth-order valence-electron chi connectivity index (χ4n) is 0.792. The maximum atomic E-state index is 12.4. The largest absolute Gasteiger partial charge is 0.386 e. The number of hydrogen-bond acceptors (Lipinski definition) is 3. The Morgan fingerprint density at radius 2 is 2.27 bits per heavy atom. The van der Waals surface area contributed by atoms with Crippen molar-refractivity contribution in [2.75, 3.05) is 12.4 Å². The van der Waals surface area contributed by atoms with E-state index in [0.29, 0.717) is 5.69 Å². The van der Waals surface area contributed by atoms with E-state index in [1.807, 2.05) is 0 Å². The first kappa shape index (κ1) is 7.65. The molecule has 0 heterocycles. The second kappa shape index (κ2) is 3.09. The van der Waals surface area contributed by atoms with Crippen LogP contribution in [0.25, 0.3) is 0 Å². The van der Waals surface area contributed by atoms with Crippen molar-refractivity contribution in [3.05, 3.63) is 28.9 Å². The number of halogens is 1. The van der Waals surface area contributed by atoms with Crippen molar-refractivity contribution in [2.45, 2.75) is 0 Å². The van der Waals surface area contributed by atoms with E-state index in [4.69, 9.17) is 0 Å². The lowest BCUT2D eigenvalue weighted by molar-refractivity contribution is 0.628. The number of benzene rings is 1. The zero-order chi connectivity index (χ0) is 8.27. The van der Waals surface area contributed by atoms with Gasteiger partial charge in [0.05, 0.1) is 5.69 Å². The van der Waals surface area contributed by atoms with E-state index in [-0.39, 0.29) is 5.69 Å². The Bertz CT molecular complexity index is 275. The van der Waals surface area contributed by atoms with Gasteiger partial charge in [-0.2, -0.15) is 0 Å². The van der Waals surface area contributed by atoms with Gasteiger partial charge in [0, 0.05) is 13.1 Å². The first-order valence-electron chi connectivity index (χ1n) is 3.08. The molecule has 0 radical (unpaired) electrons. The van der Waals surface area contributed by atoms with E-state index >= 15 is 0 Å². The second-order valence-electron chi connectivity index (χ2n) is 2.00. The van der Waals surface area contributed by atoms with Gasteiger partial charge >= 0.3 is 0 Å². The lowest BCUT2D eigenvalue weighted by Crippen LogP contribution is -1.88. The summed E-state index contributed by atoms with van der Waals surface area (Å²) in [5.74, 6) is -0.460. The Hall–Kier alpha value is -1.45.